The summed E-state index contributed by atoms with van der Waals surface area (Å²) >= 11 is 0. The summed E-state index contributed by atoms with van der Waals surface area (Å²) in [5.74, 6) is 2.21. The summed E-state index contributed by atoms with van der Waals surface area (Å²) in [7, 11) is 0. The van der Waals surface area contributed by atoms with Crippen molar-refractivity contribution in [1.82, 2.24) is 9.55 Å². The predicted molar refractivity (Wildman–Crippen MR) is 60.8 cm³/mol. The van der Waals surface area contributed by atoms with Crippen molar-refractivity contribution in [2.45, 2.75) is 13.0 Å². The summed E-state index contributed by atoms with van der Waals surface area (Å²) < 4.78 is 2.25. The smallest absolute Gasteiger partial charge is 0.141 e. The number of nitrogens with one attached hydrogen (secondary N) is 1. The molecular weight excluding hydrogens is 186 g/mol. The molecule has 0 radical (unpaired) electrons. The molecule has 2 heterocycles. The Morgan fingerprint density at radius 3 is 2.93 bits per heavy atom. The molecule has 3 rings (SSSR count). The molecule has 0 saturated heterocycles. The van der Waals surface area contributed by atoms with Crippen molar-refractivity contribution in [3.63, 3.8) is 0 Å². The molecule has 0 amide bonds. The van der Waals surface area contributed by atoms with Crippen molar-refractivity contribution >= 4 is 5.82 Å². The van der Waals surface area contributed by atoms with Gasteiger partial charge in [0.25, 0.3) is 0 Å². The molecule has 2 aromatic rings. The predicted octanol–water partition coefficient (Wildman–Crippen LogP) is 2.37. The number of rotatable bonds is 1. The number of imidazole rings is 1. The molecule has 1 N–H and O–H groups in total. The van der Waals surface area contributed by atoms with Crippen LogP contribution in [0.25, 0.3) is 11.4 Å². The third-order valence-electron chi connectivity index (χ3n) is 2.75. The van der Waals surface area contributed by atoms with E-state index in [1.165, 1.54) is 12.0 Å². The van der Waals surface area contributed by atoms with E-state index < -0.39 is 0 Å². The van der Waals surface area contributed by atoms with Crippen LogP contribution in [0.3, 0.4) is 0 Å². The highest BCUT2D eigenvalue weighted by Gasteiger charge is 2.13. The van der Waals surface area contributed by atoms with Crippen molar-refractivity contribution < 1.29 is 0 Å². The highest BCUT2D eigenvalue weighted by molar-refractivity contribution is 5.59. The van der Waals surface area contributed by atoms with Gasteiger partial charge in [-0.2, -0.15) is 0 Å². The molecule has 0 spiro atoms. The topological polar surface area (TPSA) is 29.9 Å². The van der Waals surface area contributed by atoms with E-state index >= 15 is 0 Å². The molecule has 0 saturated carbocycles. The molecule has 0 fully saturated rings. The minimum Gasteiger partial charge on any atom is -0.370 e. The Kier molecular flexibility index (Phi) is 1.95. The first-order valence-electron chi connectivity index (χ1n) is 5.30. The van der Waals surface area contributed by atoms with Gasteiger partial charge in [-0.25, -0.2) is 4.98 Å². The molecule has 3 heteroatoms. The lowest BCUT2D eigenvalue weighted by Gasteiger charge is -2.18. The molecule has 0 unspecified atom stereocenters. The fourth-order valence-corrected chi connectivity index (χ4v) is 2.01. The number of benzene rings is 1. The Bertz CT molecular complexity index is 459. The van der Waals surface area contributed by atoms with Crippen LogP contribution < -0.4 is 5.32 Å². The van der Waals surface area contributed by atoms with Crippen molar-refractivity contribution in [2.24, 2.45) is 0 Å². The standard InChI is InChI=1S/C12H13N3/c1-2-5-10(6-3-1)12-14-9-11-13-7-4-8-15(11)12/h1-3,5-6,9,13H,4,7-8H2. The lowest BCUT2D eigenvalue weighted by atomic mass is 10.2. The van der Waals surface area contributed by atoms with Crippen LogP contribution in [-0.2, 0) is 6.54 Å². The molecule has 0 aliphatic carbocycles. The van der Waals surface area contributed by atoms with Gasteiger partial charge in [0, 0.05) is 18.7 Å². The van der Waals surface area contributed by atoms with Crippen LogP contribution in [0.5, 0.6) is 0 Å². The van der Waals surface area contributed by atoms with Gasteiger partial charge >= 0.3 is 0 Å². The van der Waals surface area contributed by atoms with Gasteiger partial charge in [0.15, 0.2) is 0 Å². The molecule has 0 atom stereocenters. The zero-order valence-corrected chi connectivity index (χ0v) is 8.48. The van der Waals surface area contributed by atoms with Crippen molar-refractivity contribution in [1.29, 1.82) is 0 Å². The highest BCUT2D eigenvalue weighted by atomic mass is 15.2. The van der Waals surface area contributed by atoms with E-state index in [-0.39, 0.29) is 0 Å². The minimum absolute atomic E-state index is 1.06. The van der Waals surface area contributed by atoms with Gasteiger partial charge in [0.05, 0.1) is 6.20 Å². The molecule has 1 aromatic carbocycles. The molecular formula is C12H13N3. The van der Waals surface area contributed by atoms with Crippen LogP contribution in [0.4, 0.5) is 5.82 Å². The maximum absolute atomic E-state index is 4.47. The molecule has 76 valence electrons. The Morgan fingerprint density at radius 2 is 2.07 bits per heavy atom. The van der Waals surface area contributed by atoms with Crippen LogP contribution in [0, 0.1) is 0 Å². The first kappa shape index (κ1) is 8.53. The van der Waals surface area contributed by atoms with E-state index in [1.807, 2.05) is 24.4 Å². The summed E-state index contributed by atoms with van der Waals surface area (Å²) in [6.07, 6.45) is 3.09. The van der Waals surface area contributed by atoms with Crippen LogP contribution in [0.1, 0.15) is 6.42 Å². The number of hydrogen-bond acceptors (Lipinski definition) is 2. The van der Waals surface area contributed by atoms with Gasteiger partial charge in [0.1, 0.15) is 11.6 Å². The van der Waals surface area contributed by atoms with Gasteiger partial charge in [-0.3, -0.25) is 0 Å². The van der Waals surface area contributed by atoms with Crippen LogP contribution in [-0.4, -0.2) is 16.1 Å². The second kappa shape index (κ2) is 3.42. The molecule has 1 aliphatic heterocycles. The second-order valence-corrected chi connectivity index (χ2v) is 3.77. The van der Waals surface area contributed by atoms with E-state index in [0.717, 1.165) is 24.7 Å². The van der Waals surface area contributed by atoms with Crippen LogP contribution in [0.15, 0.2) is 36.5 Å². The number of fused-ring (bicyclic) bond motifs is 1. The number of anilines is 1. The van der Waals surface area contributed by atoms with Crippen molar-refractivity contribution in [3.05, 3.63) is 36.5 Å². The van der Waals surface area contributed by atoms with Gasteiger partial charge in [0.2, 0.25) is 0 Å². The number of aromatic nitrogens is 2. The Balaban J connectivity index is 2.09. The quantitative estimate of drug-likeness (QED) is 0.764. The van der Waals surface area contributed by atoms with Crippen LogP contribution >= 0.6 is 0 Å². The zero-order valence-electron chi connectivity index (χ0n) is 8.48. The number of nitrogens with zero attached hydrogens (tertiary/aromatic N) is 2. The summed E-state index contributed by atoms with van der Waals surface area (Å²) in [6.45, 7) is 2.12. The Labute approximate surface area is 88.8 Å². The first-order chi connectivity index (χ1) is 7.45. The SMILES string of the molecule is c1ccc(-c2ncc3n2CCCN3)cc1. The Hall–Kier alpha value is -1.77. The fraction of sp³-hybridized carbons (Fsp3) is 0.250. The lowest BCUT2D eigenvalue weighted by molar-refractivity contribution is 0.636. The molecule has 15 heavy (non-hydrogen) atoms. The summed E-state index contributed by atoms with van der Waals surface area (Å²) in [6, 6.07) is 10.3. The zero-order chi connectivity index (χ0) is 10.1. The maximum atomic E-state index is 4.47. The van der Waals surface area contributed by atoms with Crippen molar-refractivity contribution in [2.75, 3.05) is 11.9 Å². The molecule has 0 bridgehead atoms. The van der Waals surface area contributed by atoms with Crippen molar-refractivity contribution in [3.8, 4) is 11.4 Å². The fourth-order valence-electron chi connectivity index (χ4n) is 2.01. The van der Waals surface area contributed by atoms with E-state index in [4.69, 9.17) is 0 Å². The third kappa shape index (κ3) is 1.40. The van der Waals surface area contributed by atoms with E-state index in [1.54, 1.807) is 0 Å². The summed E-state index contributed by atoms with van der Waals surface area (Å²) in [4.78, 5) is 4.47. The van der Waals surface area contributed by atoms with Gasteiger partial charge in [-0.1, -0.05) is 30.3 Å². The largest absolute Gasteiger partial charge is 0.370 e. The molecule has 1 aliphatic rings. The van der Waals surface area contributed by atoms with Gasteiger partial charge in [-0.15, -0.1) is 0 Å². The lowest BCUT2D eigenvalue weighted by Crippen LogP contribution is -2.17. The monoisotopic (exact) mass is 199 g/mol. The van der Waals surface area contributed by atoms with Gasteiger partial charge in [-0.05, 0) is 6.42 Å². The van der Waals surface area contributed by atoms with Gasteiger partial charge < -0.3 is 9.88 Å². The minimum atomic E-state index is 1.06. The first-order valence-corrected chi connectivity index (χ1v) is 5.30. The van der Waals surface area contributed by atoms with E-state index in [9.17, 15) is 0 Å². The molecule has 1 aromatic heterocycles. The highest BCUT2D eigenvalue weighted by Crippen LogP contribution is 2.24. The average molecular weight is 199 g/mol. The second-order valence-electron chi connectivity index (χ2n) is 3.77. The summed E-state index contributed by atoms with van der Waals surface area (Å²) in [5.41, 5.74) is 1.19. The Morgan fingerprint density at radius 1 is 1.20 bits per heavy atom. The summed E-state index contributed by atoms with van der Waals surface area (Å²) in [5, 5.41) is 3.35. The normalized spacial score (nSPS) is 14.4. The third-order valence-corrected chi connectivity index (χ3v) is 2.75. The average Bonchev–Trinajstić information content (AvgIpc) is 2.74. The van der Waals surface area contributed by atoms with Crippen LogP contribution in [0.2, 0.25) is 0 Å². The maximum Gasteiger partial charge on any atom is 0.141 e. The van der Waals surface area contributed by atoms with E-state index in [2.05, 4.69) is 27.0 Å². The van der Waals surface area contributed by atoms with E-state index in [0.29, 0.717) is 0 Å². The molecule has 3 nitrogen and oxygen atoms in total. The number of hydrogen-bond donors (Lipinski definition) is 1.